The molecule has 0 radical (unpaired) electrons. The fourth-order valence-corrected chi connectivity index (χ4v) is 4.15. The van der Waals surface area contributed by atoms with Crippen LogP contribution < -0.4 is 4.72 Å². The highest BCUT2D eigenvalue weighted by Gasteiger charge is 2.25. The first-order valence-electron chi connectivity index (χ1n) is 8.93. The lowest BCUT2D eigenvalue weighted by Crippen LogP contribution is -2.40. The van der Waals surface area contributed by atoms with Gasteiger partial charge < -0.3 is 9.72 Å². The van der Waals surface area contributed by atoms with E-state index in [-0.39, 0.29) is 16.4 Å². The minimum absolute atomic E-state index is 0.0214. The lowest BCUT2D eigenvalue weighted by atomic mass is 10.1. The van der Waals surface area contributed by atoms with Crippen LogP contribution in [-0.4, -0.2) is 43.6 Å². The van der Waals surface area contributed by atoms with Crippen LogP contribution in [0.3, 0.4) is 0 Å². The molecular weight excluding hydrogens is 396 g/mol. The number of aryl methyl sites for hydroxylation is 2. The van der Waals surface area contributed by atoms with Crippen LogP contribution >= 0.6 is 0 Å². The van der Waals surface area contributed by atoms with E-state index in [0.29, 0.717) is 16.8 Å². The Kier molecular flexibility index (Phi) is 6.76. The third-order valence-corrected chi connectivity index (χ3v) is 5.99. The summed E-state index contributed by atoms with van der Waals surface area (Å²) in [6, 6.07) is 4.97. The van der Waals surface area contributed by atoms with Gasteiger partial charge in [0.25, 0.3) is 0 Å². The number of carbonyl (C=O) groups excluding carboxylic acids is 3. The Morgan fingerprint density at radius 2 is 1.69 bits per heavy atom. The zero-order valence-corrected chi connectivity index (χ0v) is 17.8. The number of sulfonamides is 1. The summed E-state index contributed by atoms with van der Waals surface area (Å²) in [4.78, 5) is 39.0. The molecule has 0 unspecified atom stereocenters. The third-order valence-electron chi connectivity index (χ3n) is 4.43. The molecule has 2 N–H and O–H groups in total. The summed E-state index contributed by atoms with van der Waals surface area (Å²) in [5.74, 6) is -1.58. The summed E-state index contributed by atoms with van der Waals surface area (Å²) in [6.45, 7) is 7.29. The van der Waals surface area contributed by atoms with Crippen molar-refractivity contribution in [1.82, 2.24) is 9.71 Å². The average molecular weight is 420 g/mol. The molecule has 2 rings (SSSR count). The van der Waals surface area contributed by atoms with Crippen molar-refractivity contribution in [3.63, 3.8) is 0 Å². The van der Waals surface area contributed by atoms with Crippen molar-refractivity contribution in [3.05, 3.63) is 52.3 Å². The van der Waals surface area contributed by atoms with Crippen LogP contribution in [0.25, 0.3) is 0 Å². The molecule has 1 aromatic heterocycles. The molecule has 0 saturated heterocycles. The van der Waals surface area contributed by atoms with Gasteiger partial charge in [0.1, 0.15) is 6.04 Å². The summed E-state index contributed by atoms with van der Waals surface area (Å²) < 4.78 is 31.9. The lowest BCUT2D eigenvalue weighted by Gasteiger charge is -2.13. The predicted molar refractivity (Wildman–Crippen MR) is 107 cm³/mol. The van der Waals surface area contributed by atoms with E-state index in [4.69, 9.17) is 4.74 Å². The number of hydrogen-bond acceptors (Lipinski definition) is 6. The highest BCUT2D eigenvalue weighted by Crippen LogP contribution is 2.19. The third kappa shape index (κ3) is 5.18. The topological polar surface area (TPSA) is 122 Å². The van der Waals surface area contributed by atoms with E-state index in [0.717, 1.165) is 5.56 Å². The molecule has 0 saturated carbocycles. The SMILES string of the molecule is CC(=O)c1c(C)[nH]c(C(=O)COC(=O)[C@H](C)NS(=O)(=O)c2ccc(C)cc2)c1C. The Hall–Kier alpha value is -2.78. The maximum atomic E-state index is 12.4. The second-order valence-corrected chi connectivity index (χ2v) is 8.58. The second kappa shape index (κ2) is 8.71. The number of ether oxygens (including phenoxy) is 1. The summed E-state index contributed by atoms with van der Waals surface area (Å²) in [6.07, 6.45) is 0. The molecule has 0 aliphatic carbocycles. The number of aromatic amines is 1. The quantitative estimate of drug-likeness (QED) is 0.499. The fourth-order valence-electron chi connectivity index (χ4n) is 2.96. The molecular formula is C20H24N2O6S. The van der Waals surface area contributed by atoms with Crippen molar-refractivity contribution in [2.75, 3.05) is 6.61 Å². The monoisotopic (exact) mass is 420 g/mol. The second-order valence-electron chi connectivity index (χ2n) is 6.87. The molecule has 29 heavy (non-hydrogen) atoms. The maximum absolute atomic E-state index is 12.4. The Morgan fingerprint density at radius 1 is 1.10 bits per heavy atom. The van der Waals surface area contributed by atoms with Crippen molar-refractivity contribution in [2.45, 2.75) is 45.6 Å². The Morgan fingerprint density at radius 3 is 2.21 bits per heavy atom. The van der Waals surface area contributed by atoms with Crippen LogP contribution in [-0.2, 0) is 19.6 Å². The van der Waals surface area contributed by atoms with E-state index in [1.165, 1.54) is 26.0 Å². The molecule has 0 bridgehead atoms. The summed E-state index contributed by atoms with van der Waals surface area (Å²) in [5, 5.41) is 0. The Balaban J connectivity index is 2.01. The number of esters is 1. The number of nitrogens with one attached hydrogen (secondary N) is 2. The number of H-pyrrole nitrogens is 1. The van der Waals surface area contributed by atoms with Crippen LogP contribution in [0.2, 0.25) is 0 Å². The highest BCUT2D eigenvalue weighted by atomic mass is 32.2. The minimum atomic E-state index is -3.91. The van der Waals surface area contributed by atoms with Crippen molar-refractivity contribution < 1.29 is 27.5 Å². The standard InChI is InChI=1S/C20H24N2O6S/c1-11-6-8-16(9-7-11)29(26,27)22-14(4)20(25)28-10-17(24)19-12(2)18(15(5)23)13(3)21-19/h6-9,14,21-22H,10H2,1-5H3/t14-/m0/s1. The minimum Gasteiger partial charge on any atom is -0.456 e. The van der Waals surface area contributed by atoms with Gasteiger partial charge in [-0.05, 0) is 52.3 Å². The van der Waals surface area contributed by atoms with Crippen LogP contribution in [0.15, 0.2) is 29.2 Å². The highest BCUT2D eigenvalue weighted by molar-refractivity contribution is 7.89. The van der Waals surface area contributed by atoms with Gasteiger partial charge in [-0.25, -0.2) is 8.42 Å². The van der Waals surface area contributed by atoms with E-state index in [1.54, 1.807) is 26.0 Å². The molecule has 156 valence electrons. The molecule has 0 aliphatic rings. The molecule has 1 aromatic carbocycles. The van der Waals surface area contributed by atoms with Gasteiger partial charge in [0.2, 0.25) is 15.8 Å². The molecule has 0 spiro atoms. The molecule has 0 fully saturated rings. The summed E-state index contributed by atoms with van der Waals surface area (Å²) >= 11 is 0. The van der Waals surface area contributed by atoms with Crippen molar-refractivity contribution in [2.24, 2.45) is 0 Å². The van der Waals surface area contributed by atoms with Crippen LogP contribution in [0, 0.1) is 20.8 Å². The Bertz CT molecular complexity index is 1050. The largest absolute Gasteiger partial charge is 0.456 e. The number of carbonyl (C=O) groups is 3. The van der Waals surface area contributed by atoms with Crippen molar-refractivity contribution in [3.8, 4) is 0 Å². The molecule has 1 atom stereocenters. The molecule has 2 aromatic rings. The first-order valence-corrected chi connectivity index (χ1v) is 10.4. The summed E-state index contributed by atoms with van der Waals surface area (Å²) in [5.41, 5.74) is 2.57. The van der Waals surface area contributed by atoms with E-state index in [1.807, 2.05) is 6.92 Å². The number of aromatic nitrogens is 1. The maximum Gasteiger partial charge on any atom is 0.324 e. The van der Waals surface area contributed by atoms with Gasteiger partial charge in [-0.3, -0.25) is 14.4 Å². The fraction of sp³-hybridized carbons (Fsp3) is 0.350. The first kappa shape index (κ1) is 22.5. The average Bonchev–Trinajstić information content (AvgIpc) is 2.93. The van der Waals surface area contributed by atoms with Crippen LogP contribution in [0.1, 0.15) is 51.5 Å². The molecule has 0 amide bonds. The van der Waals surface area contributed by atoms with Crippen LogP contribution in [0.5, 0.6) is 0 Å². The van der Waals surface area contributed by atoms with E-state index < -0.39 is 34.4 Å². The zero-order valence-electron chi connectivity index (χ0n) is 17.0. The van der Waals surface area contributed by atoms with Gasteiger partial charge in [-0.15, -0.1) is 0 Å². The number of hydrogen-bond donors (Lipinski definition) is 2. The van der Waals surface area contributed by atoms with Crippen LogP contribution in [0.4, 0.5) is 0 Å². The van der Waals surface area contributed by atoms with Gasteiger partial charge >= 0.3 is 5.97 Å². The number of benzene rings is 1. The van der Waals surface area contributed by atoms with Crippen molar-refractivity contribution in [1.29, 1.82) is 0 Å². The van der Waals surface area contributed by atoms with E-state index in [2.05, 4.69) is 9.71 Å². The van der Waals surface area contributed by atoms with E-state index >= 15 is 0 Å². The normalized spacial score (nSPS) is 12.4. The van der Waals surface area contributed by atoms with Gasteiger partial charge in [-0.2, -0.15) is 4.72 Å². The smallest absolute Gasteiger partial charge is 0.324 e. The van der Waals surface area contributed by atoms with Gasteiger partial charge in [0.05, 0.1) is 10.6 Å². The first-order chi connectivity index (χ1) is 13.4. The number of rotatable bonds is 8. The zero-order chi connectivity index (χ0) is 21.9. The predicted octanol–water partition coefficient (Wildman–Crippen LogP) is 2.24. The number of Topliss-reactive ketones (excluding diaryl/α,β-unsaturated/α-hetero) is 2. The van der Waals surface area contributed by atoms with E-state index in [9.17, 15) is 22.8 Å². The molecule has 9 heteroatoms. The molecule has 1 heterocycles. The molecule has 8 nitrogen and oxygen atoms in total. The van der Waals surface area contributed by atoms with Gasteiger partial charge in [0, 0.05) is 11.3 Å². The summed E-state index contributed by atoms with van der Waals surface area (Å²) in [7, 11) is -3.91. The van der Waals surface area contributed by atoms with Gasteiger partial charge in [0.15, 0.2) is 12.4 Å². The Labute approximate surface area is 169 Å². The lowest BCUT2D eigenvalue weighted by molar-refractivity contribution is -0.144. The molecule has 0 aliphatic heterocycles. The van der Waals surface area contributed by atoms with Gasteiger partial charge in [-0.1, -0.05) is 17.7 Å². The van der Waals surface area contributed by atoms with Crippen molar-refractivity contribution >= 4 is 27.6 Å². The number of ketones is 2.